The molecule has 0 aliphatic rings. The topological polar surface area (TPSA) is 154 Å². The smallest absolute Gasteiger partial charge is 0.247 e. The number of rotatable bonds is 11. The average Bonchev–Trinajstić information content (AvgIpc) is 2.95. The molecule has 0 radical (unpaired) electrons. The van der Waals surface area contributed by atoms with Gasteiger partial charge in [0.2, 0.25) is 17.8 Å². The standard InChI is InChI=1S/C29H29N9O3/c1-19(39)32-23-12-8-21(9-13-23)17-30-37-28-16-27(34-25-6-4-5-7-26(25)41-3)35-29(36-28)38-31-18-22-10-14-24(15-11-22)33-20(2)40/h4-18H,1-3H3,(H,32,39)(H,33,40)(H3,34,35,36,37,38). The summed E-state index contributed by atoms with van der Waals surface area (Å²) in [7, 11) is 1.59. The zero-order valence-electron chi connectivity index (χ0n) is 22.7. The van der Waals surface area contributed by atoms with Crippen LogP contribution in [0.25, 0.3) is 0 Å². The number of anilines is 6. The Morgan fingerprint density at radius 2 is 1.27 bits per heavy atom. The van der Waals surface area contributed by atoms with Gasteiger partial charge in [-0.05, 0) is 47.5 Å². The zero-order valence-corrected chi connectivity index (χ0v) is 22.7. The molecule has 0 saturated carbocycles. The fraction of sp³-hybridized carbons (Fsp3) is 0.103. The van der Waals surface area contributed by atoms with Crippen LogP contribution in [0.5, 0.6) is 5.75 Å². The molecule has 0 saturated heterocycles. The number of amides is 2. The van der Waals surface area contributed by atoms with Crippen molar-refractivity contribution in [3.63, 3.8) is 0 Å². The van der Waals surface area contributed by atoms with Gasteiger partial charge in [-0.2, -0.15) is 20.2 Å². The quantitative estimate of drug-likeness (QED) is 0.128. The SMILES string of the molecule is COc1ccccc1Nc1cc(NN=Cc2ccc(NC(C)=O)cc2)nc(NN=Cc2ccc(NC(C)=O)cc2)n1. The van der Waals surface area contributed by atoms with Crippen LogP contribution < -0.4 is 31.5 Å². The number of nitrogens with one attached hydrogen (secondary N) is 5. The van der Waals surface area contributed by atoms with E-state index in [-0.39, 0.29) is 17.8 Å². The van der Waals surface area contributed by atoms with Crippen LogP contribution in [0.1, 0.15) is 25.0 Å². The van der Waals surface area contributed by atoms with E-state index in [0.717, 1.165) is 16.8 Å². The van der Waals surface area contributed by atoms with Crippen LogP contribution in [0.3, 0.4) is 0 Å². The number of carbonyl (C=O) groups excluding carboxylic acids is 2. The second-order valence-corrected chi connectivity index (χ2v) is 8.63. The minimum absolute atomic E-state index is 0.136. The summed E-state index contributed by atoms with van der Waals surface area (Å²) >= 11 is 0. The van der Waals surface area contributed by atoms with Crippen molar-refractivity contribution in [3.8, 4) is 5.75 Å². The summed E-state index contributed by atoms with van der Waals surface area (Å²) in [4.78, 5) is 31.4. The van der Waals surface area contributed by atoms with Crippen molar-refractivity contribution in [2.24, 2.45) is 10.2 Å². The molecule has 0 fully saturated rings. The molecule has 4 rings (SSSR count). The second-order valence-electron chi connectivity index (χ2n) is 8.63. The maximum absolute atomic E-state index is 11.2. The van der Waals surface area contributed by atoms with E-state index in [1.54, 1.807) is 49.9 Å². The number of hydrogen-bond donors (Lipinski definition) is 5. The van der Waals surface area contributed by atoms with E-state index in [1.165, 1.54) is 13.8 Å². The first-order valence-electron chi connectivity index (χ1n) is 12.5. The molecule has 3 aromatic carbocycles. The Hall–Kier alpha value is -5.78. The molecule has 0 atom stereocenters. The number of benzene rings is 3. The van der Waals surface area contributed by atoms with Gasteiger partial charge in [0.25, 0.3) is 0 Å². The van der Waals surface area contributed by atoms with Gasteiger partial charge in [0, 0.05) is 31.3 Å². The third kappa shape index (κ3) is 8.89. The number of hydrazone groups is 2. The third-order valence-corrected chi connectivity index (χ3v) is 5.33. The van der Waals surface area contributed by atoms with E-state index < -0.39 is 0 Å². The minimum atomic E-state index is -0.138. The molecule has 1 aromatic heterocycles. The molecule has 12 heteroatoms. The Morgan fingerprint density at radius 3 is 1.83 bits per heavy atom. The highest BCUT2D eigenvalue weighted by Gasteiger charge is 2.08. The summed E-state index contributed by atoms with van der Waals surface area (Å²) in [6.07, 6.45) is 3.24. The van der Waals surface area contributed by atoms with Crippen molar-refractivity contribution in [3.05, 3.63) is 90.0 Å². The summed E-state index contributed by atoms with van der Waals surface area (Å²) in [6, 6.07) is 23.6. The van der Waals surface area contributed by atoms with E-state index in [9.17, 15) is 9.59 Å². The lowest BCUT2D eigenvalue weighted by atomic mass is 10.2. The summed E-state index contributed by atoms with van der Waals surface area (Å²) < 4.78 is 5.43. The van der Waals surface area contributed by atoms with Crippen LogP contribution >= 0.6 is 0 Å². The lowest BCUT2D eigenvalue weighted by Gasteiger charge is -2.12. The molecule has 0 unspecified atom stereocenters. The Labute approximate surface area is 237 Å². The molecule has 0 aliphatic carbocycles. The summed E-state index contributed by atoms with van der Waals surface area (Å²) in [5.41, 5.74) is 9.50. The van der Waals surface area contributed by atoms with Gasteiger partial charge in [0.1, 0.15) is 11.6 Å². The number of para-hydroxylation sites is 2. The number of nitrogens with zero attached hydrogens (tertiary/aromatic N) is 4. The Kier molecular flexibility index (Phi) is 9.54. The van der Waals surface area contributed by atoms with Crippen LogP contribution in [0, 0.1) is 0 Å². The van der Waals surface area contributed by atoms with Crippen molar-refractivity contribution in [2.45, 2.75) is 13.8 Å². The Morgan fingerprint density at radius 1 is 0.732 bits per heavy atom. The van der Waals surface area contributed by atoms with Gasteiger partial charge in [-0.3, -0.25) is 15.0 Å². The van der Waals surface area contributed by atoms with Crippen LogP contribution in [0.15, 0.2) is 89.1 Å². The van der Waals surface area contributed by atoms with E-state index in [4.69, 9.17) is 4.74 Å². The highest BCUT2D eigenvalue weighted by Crippen LogP contribution is 2.27. The van der Waals surface area contributed by atoms with Crippen LogP contribution in [0.4, 0.5) is 34.6 Å². The fourth-order valence-electron chi connectivity index (χ4n) is 3.55. The highest BCUT2D eigenvalue weighted by atomic mass is 16.5. The average molecular weight is 552 g/mol. The molecule has 4 aromatic rings. The predicted molar refractivity (Wildman–Crippen MR) is 162 cm³/mol. The molecule has 5 N–H and O–H groups in total. The van der Waals surface area contributed by atoms with Crippen LogP contribution in [-0.4, -0.2) is 41.3 Å². The lowest BCUT2D eigenvalue weighted by Crippen LogP contribution is -2.06. The molecule has 1 heterocycles. The molecule has 0 bridgehead atoms. The highest BCUT2D eigenvalue weighted by molar-refractivity contribution is 5.90. The van der Waals surface area contributed by atoms with Gasteiger partial charge in [-0.15, -0.1) is 0 Å². The minimum Gasteiger partial charge on any atom is -0.495 e. The normalized spacial score (nSPS) is 10.8. The summed E-state index contributed by atoms with van der Waals surface area (Å²) in [6.45, 7) is 2.91. The number of aromatic nitrogens is 2. The second kappa shape index (κ2) is 13.8. The number of methoxy groups -OCH3 is 1. The van der Waals surface area contributed by atoms with Gasteiger partial charge in [0.15, 0.2) is 5.82 Å². The Bertz CT molecular complexity index is 1460. The first kappa shape index (κ1) is 28.2. The number of ether oxygens (including phenoxy) is 1. The predicted octanol–water partition coefficient (Wildman–Crippen LogP) is 5.04. The number of hydrogen-bond acceptors (Lipinski definition) is 10. The molecule has 0 spiro atoms. The van der Waals surface area contributed by atoms with Gasteiger partial charge in [0.05, 0.1) is 25.2 Å². The molecule has 2 amide bonds. The van der Waals surface area contributed by atoms with Crippen molar-refractivity contribution >= 4 is 58.9 Å². The van der Waals surface area contributed by atoms with E-state index in [1.807, 2.05) is 48.5 Å². The van der Waals surface area contributed by atoms with Gasteiger partial charge in [-0.1, -0.05) is 36.4 Å². The molecular weight excluding hydrogens is 522 g/mol. The monoisotopic (exact) mass is 551 g/mol. The summed E-state index contributed by atoms with van der Waals surface area (Å²) in [5, 5.41) is 17.2. The lowest BCUT2D eigenvalue weighted by molar-refractivity contribution is -0.115. The maximum Gasteiger partial charge on any atom is 0.247 e. The van der Waals surface area contributed by atoms with E-state index in [2.05, 4.69) is 47.0 Å². The van der Waals surface area contributed by atoms with Gasteiger partial charge >= 0.3 is 0 Å². The van der Waals surface area contributed by atoms with Gasteiger partial charge in [-0.25, -0.2) is 5.43 Å². The molecular formula is C29H29N9O3. The largest absolute Gasteiger partial charge is 0.495 e. The molecule has 41 heavy (non-hydrogen) atoms. The summed E-state index contributed by atoms with van der Waals surface area (Å²) in [5.74, 6) is 1.47. The number of carbonyl (C=O) groups is 2. The first-order valence-corrected chi connectivity index (χ1v) is 12.5. The van der Waals surface area contributed by atoms with Crippen molar-refractivity contribution in [2.75, 3.05) is 33.9 Å². The third-order valence-electron chi connectivity index (χ3n) is 5.33. The maximum atomic E-state index is 11.2. The molecule has 12 nitrogen and oxygen atoms in total. The van der Waals surface area contributed by atoms with Crippen LogP contribution in [-0.2, 0) is 9.59 Å². The van der Waals surface area contributed by atoms with Crippen molar-refractivity contribution < 1.29 is 14.3 Å². The van der Waals surface area contributed by atoms with E-state index in [0.29, 0.717) is 28.8 Å². The molecule has 208 valence electrons. The van der Waals surface area contributed by atoms with Crippen molar-refractivity contribution in [1.82, 2.24) is 9.97 Å². The fourth-order valence-corrected chi connectivity index (χ4v) is 3.55. The van der Waals surface area contributed by atoms with Crippen molar-refractivity contribution in [1.29, 1.82) is 0 Å². The first-order chi connectivity index (χ1) is 19.9. The van der Waals surface area contributed by atoms with Crippen LogP contribution in [0.2, 0.25) is 0 Å². The zero-order chi connectivity index (χ0) is 29.0. The Balaban J connectivity index is 1.50. The van der Waals surface area contributed by atoms with Gasteiger partial charge < -0.3 is 20.7 Å². The molecule has 0 aliphatic heterocycles. The van der Waals surface area contributed by atoms with E-state index >= 15 is 0 Å².